The normalized spacial score (nSPS) is 15.6. The Balaban J connectivity index is 2.13. The third-order valence-corrected chi connectivity index (χ3v) is 5.86. The van der Waals surface area contributed by atoms with E-state index in [1.807, 2.05) is 19.9 Å². The van der Waals surface area contributed by atoms with Gasteiger partial charge in [-0.1, -0.05) is 30.0 Å². The second-order valence-corrected chi connectivity index (χ2v) is 7.90. The quantitative estimate of drug-likeness (QED) is 0.540. The van der Waals surface area contributed by atoms with E-state index in [0.717, 1.165) is 11.3 Å². The molecule has 1 aliphatic rings. The number of aromatic nitrogens is 1. The second kappa shape index (κ2) is 9.54. The molecule has 2 aromatic rings. The van der Waals surface area contributed by atoms with Crippen molar-refractivity contribution in [2.45, 2.75) is 24.8 Å². The van der Waals surface area contributed by atoms with Crippen LogP contribution in [0.3, 0.4) is 0 Å². The largest absolute Gasteiger partial charge is 0.466 e. The molecule has 3 rings (SSSR count). The van der Waals surface area contributed by atoms with Crippen LogP contribution in [-0.4, -0.2) is 23.8 Å². The summed E-state index contributed by atoms with van der Waals surface area (Å²) in [6.45, 7) is 3.62. The number of allylic oxidation sites excluding steroid dienone is 1. The summed E-state index contributed by atoms with van der Waals surface area (Å²) in [6, 6.07) is 11.7. The molecule has 7 nitrogen and oxygen atoms in total. The summed E-state index contributed by atoms with van der Waals surface area (Å²) in [5.74, 6) is -2.53. The number of nitrogens with two attached hydrogens (primary N) is 1. The zero-order valence-electron chi connectivity index (χ0n) is 17.6. The Kier molecular flexibility index (Phi) is 6.82. The minimum absolute atomic E-state index is 0.0290. The molecule has 1 aromatic heterocycles. The van der Waals surface area contributed by atoms with Crippen LogP contribution >= 0.6 is 11.8 Å². The van der Waals surface area contributed by atoms with Gasteiger partial charge in [-0.25, -0.2) is 14.2 Å². The summed E-state index contributed by atoms with van der Waals surface area (Å²) in [4.78, 5) is 17.2. The van der Waals surface area contributed by atoms with Crippen LogP contribution in [0.5, 0.6) is 0 Å². The molecular formula is C23H19FN4O3S. The molecule has 0 radical (unpaired) electrons. The number of nitriles is 2. The molecule has 162 valence electrons. The lowest BCUT2D eigenvalue weighted by molar-refractivity contribution is -0.136. The zero-order valence-corrected chi connectivity index (χ0v) is 18.4. The maximum atomic E-state index is 14.7. The van der Waals surface area contributed by atoms with Crippen LogP contribution < -0.4 is 5.73 Å². The van der Waals surface area contributed by atoms with Gasteiger partial charge >= 0.3 is 5.97 Å². The lowest BCUT2D eigenvalue weighted by Crippen LogP contribution is -2.27. The summed E-state index contributed by atoms with van der Waals surface area (Å²) in [5.41, 5.74) is 7.86. The first-order valence-corrected chi connectivity index (χ1v) is 10.4. The summed E-state index contributed by atoms with van der Waals surface area (Å²) >= 11 is 1.17. The number of rotatable bonds is 5. The van der Waals surface area contributed by atoms with Crippen LogP contribution in [-0.2, 0) is 14.3 Å². The number of hydrogen-bond acceptors (Lipinski definition) is 8. The average Bonchev–Trinajstić information content (AvgIpc) is 2.76. The summed E-state index contributed by atoms with van der Waals surface area (Å²) in [5, 5.41) is 19.6. The van der Waals surface area contributed by atoms with Crippen LogP contribution in [0.25, 0.3) is 0 Å². The van der Waals surface area contributed by atoms with E-state index in [9.17, 15) is 19.7 Å². The molecule has 0 saturated heterocycles. The Hall–Kier alpha value is -3.82. The van der Waals surface area contributed by atoms with Crippen molar-refractivity contribution < 1.29 is 18.7 Å². The van der Waals surface area contributed by atoms with Crippen LogP contribution in [0.4, 0.5) is 4.39 Å². The first-order valence-electron chi connectivity index (χ1n) is 9.46. The van der Waals surface area contributed by atoms with Gasteiger partial charge in [-0.05, 0) is 31.5 Å². The van der Waals surface area contributed by atoms with E-state index in [1.165, 1.54) is 37.1 Å². The highest BCUT2D eigenvalue weighted by molar-refractivity contribution is 7.99. The number of carbonyl (C=O) groups is 1. The van der Waals surface area contributed by atoms with Gasteiger partial charge in [-0.3, -0.25) is 0 Å². The summed E-state index contributed by atoms with van der Waals surface area (Å²) in [6.07, 6.45) is 0. The average molecular weight is 450 g/mol. The number of carbonyl (C=O) groups excluding carboxylic acids is 1. The van der Waals surface area contributed by atoms with E-state index < -0.39 is 17.7 Å². The molecule has 0 aliphatic carbocycles. The highest BCUT2D eigenvalue weighted by Crippen LogP contribution is 2.42. The zero-order chi connectivity index (χ0) is 23.4. The number of thioether (sulfide) groups is 1. The van der Waals surface area contributed by atoms with Crippen LogP contribution in [0.2, 0.25) is 0 Å². The van der Waals surface area contributed by atoms with Crippen LogP contribution in [0.1, 0.15) is 28.3 Å². The van der Waals surface area contributed by atoms with Gasteiger partial charge in [0.2, 0.25) is 5.88 Å². The lowest BCUT2D eigenvalue weighted by atomic mass is 9.83. The molecule has 1 aromatic carbocycles. The smallest absolute Gasteiger partial charge is 0.338 e. The maximum Gasteiger partial charge on any atom is 0.338 e. The summed E-state index contributed by atoms with van der Waals surface area (Å²) in [7, 11) is 1.19. The van der Waals surface area contributed by atoms with Gasteiger partial charge in [0.25, 0.3) is 0 Å². The molecule has 2 N–H and O–H groups in total. The van der Waals surface area contributed by atoms with Crippen LogP contribution in [0, 0.1) is 42.3 Å². The molecule has 0 saturated carbocycles. The molecule has 0 spiro atoms. The van der Waals surface area contributed by atoms with E-state index >= 15 is 0 Å². The number of esters is 1. The Morgan fingerprint density at radius 2 is 2.03 bits per heavy atom. The van der Waals surface area contributed by atoms with Gasteiger partial charge in [0.05, 0.1) is 29.9 Å². The number of halogens is 1. The molecule has 0 amide bonds. The molecule has 1 aliphatic heterocycles. The first kappa shape index (κ1) is 22.9. The van der Waals surface area contributed by atoms with Crippen molar-refractivity contribution in [3.8, 4) is 12.1 Å². The molecule has 0 fully saturated rings. The van der Waals surface area contributed by atoms with Gasteiger partial charge in [0, 0.05) is 11.3 Å². The number of nitrogens with zero attached hydrogens (tertiary/aromatic N) is 3. The van der Waals surface area contributed by atoms with E-state index in [4.69, 9.17) is 15.2 Å². The highest BCUT2D eigenvalue weighted by atomic mass is 32.2. The number of aryl methyl sites for hydroxylation is 2. The predicted molar refractivity (Wildman–Crippen MR) is 115 cm³/mol. The molecule has 2 heterocycles. The molecule has 9 heteroatoms. The van der Waals surface area contributed by atoms with Crippen molar-refractivity contribution in [1.82, 2.24) is 4.98 Å². The Morgan fingerprint density at radius 3 is 2.66 bits per heavy atom. The fourth-order valence-corrected chi connectivity index (χ4v) is 4.50. The minimum Gasteiger partial charge on any atom is -0.466 e. The summed E-state index contributed by atoms with van der Waals surface area (Å²) < 4.78 is 25.2. The number of benzene rings is 1. The Labute approximate surface area is 189 Å². The number of hydrogen-bond donors (Lipinski definition) is 1. The van der Waals surface area contributed by atoms with E-state index in [-0.39, 0.29) is 34.1 Å². The van der Waals surface area contributed by atoms with Gasteiger partial charge in [0.15, 0.2) is 0 Å². The van der Waals surface area contributed by atoms with Gasteiger partial charge < -0.3 is 15.2 Å². The fourth-order valence-electron chi connectivity index (χ4n) is 3.46. The minimum atomic E-state index is -1.10. The van der Waals surface area contributed by atoms with Crippen molar-refractivity contribution in [2.75, 3.05) is 12.9 Å². The fraction of sp³-hybridized carbons (Fsp3) is 0.217. The third kappa shape index (κ3) is 4.29. The maximum absolute atomic E-state index is 14.7. The van der Waals surface area contributed by atoms with Crippen molar-refractivity contribution in [3.63, 3.8) is 0 Å². The third-order valence-electron chi connectivity index (χ3n) is 4.88. The van der Waals surface area contributed by atoms with Gasteiger partial charge in [-0.2, -0.15) is 10.5 Å². The van der Waals surface area contributed by atoms with Crippen LogP contribution in [0.15, 0.2) is 58.1 Å². The topological polar surface area (TPSA) is 122 Å². The molecular weight excluding hydrogens is 431 g/mol. The molecule has 1 unspecified atom stereocenters. The monoisotopic (exact) mass is 450 g/mol. The van der Waals surface area contributed by atoms with Crippen molar-refractivity contribution in [3.05, 3.63) is 81.3 Å². The molecule has 0 bridgehead atoms. The SMILES string of the molecule is COC(=O)C1=C(CSc2nc(C)cc(C)c2C#N)OC(N)=C(C#N)C1c1ccccc1F. The second-order valence-electron chi connectivity index (χ2n) is 6.94. The predicted octanol–water partition coefficient (Wildman–Crippen LogP) is 3.74. The molecule has 32 heavy (non-hydrogen) atoms. The van der Waals surface area contributed by atoms with E-state index in [1.54, 1.807) is 12.1 Å². The van der Waals surface area contributed by atoms with Crippen molar-refractivity contribution in [1.29, 1.82) is 10.5 Å². The standard InChI is InChI=1S/C23H19FN4O3S/c1-12-8-13(2)28-22(15(12)9-25)32-11-18-20(23(29)30-3)19(16(10-26)21(27)31-18)14-6-4-5-7-17(14)24/h4-8,19H,11,27H2,1-3H3. The van der Waals surface area contributed by atoms with E-state index in [2.05, 4.69) is 11.1 Å². The number of ether oxygens (including phenoxy) is 2. The van der Waals surface area contributed by atoms with Crippen molar-refractivity contribution in [2.24, 2.45) is 5.73 Å². The number of methoxy groups -OCH3 is 1. The number of pyridine rings is 1. The Morgan fingerprint density at radius 1 is 1.31 bits per heavy atom. The first-order chi connectivity index (χ1) is 15.3. The highest BCUT2D eigenvalue weighted by Gasteiger charge is 2.38. The van der Waals surface area contributed by atoms with Crippen molar-refractivity contribution >= 4 is 17.7 Å². The molecule has 1 atom stereocenters. The Bertz CT molecular complexity index is 1240. The van der Waals surface area contributed by atoms with Gasteiger partial charge in [-0.15, -0.1) is 0 Å². The lowest BCUT2D eigenvalue weighted by Gasteiger charge is -2.28. The van der Waals surface area contributed by atoms with Gasteiger partial charge in [0.1, 0.15) is 34.3 Å². The van der Waals surface area contributed by atoms with E-state index in [0.29, 0.717) is 10.6 Å².